The first-order valence-electron chi connectivity index (χ1n) is 4.54. The number of nitrogens with one attached hydrogen (secondary N) is 1. The maximum atomic E-state index is 5.85. The quantitative estimate of drug-likeness (QED) is 0.742. The Hall–Kier alpha value is -1.44. The lowest BCUT2D eigenvalue weighted by Gasteiger charge is -2.09. The smallest absolute Gasteiger partial charge is 0.0434 e. The third-order valence-corrected chi connectivity index (χ3v) is 1.92. The number of hydrogen-bond donors (Lipinski definition) is 2. The third kappa shape index (κ3) is 2.25. The average Bonchev–Trinajstić information content (AvgIpc) is 2.18. The van der Waals surface area contributed by atoms with Crippen molar-refractivity contribution in [2.24, 2.45) is 5.73 Å². The van der Waals surface area contributed by atoms with Crippen LogP contribution in [0.5, 0.6) is 0 Å². The van der Waals surface area contributed by atoms with E-state index in [1.807, 2.05) is 37.3 Å². The van der Waals surface area contributed by atoms with Gasteiger partial charge in [0.1, 0.15) is 0 Å². The van der Waals surface area contributed by atoms with Gasteiger partial charge in [-0.05, 0) is 19.9 Å². The topological polar surface area (TPSA) is 38.0 Å². The van der Waals surface area contributed by atoms with Crippen LogP contribution in [-0.2, 0) is 0 Å². The first-order chi connectivity index (χ1) is 6.29. The Kier molecular flexibility index (Phi) is 3.38. The van der Waals surface area contributed by atoms with Crippen LogP contribution in [0.4, 0.5) is 5.69 Å². The highest BCUT2D eigenvalue weighted by atomic mass is 14.9. The van der Waals surface area contributed by atoms with E-state index < -0.39 is 0 Å². The number of anilines is 1. The van der Waals surface area contributed by atoms with Crippen molar-refractivity contribution in [3.05, 3.63) is 35.9 Å². The monoisotopic (exact) mass is 176 g/mol. The van der Waals surface area contributed by atoms with Gasteiger partial charge in [-0.3, -0.25) is 0 Å². The molecular weight excluding hydrogens is 160 g/mol. The number of nitrogens with two attached hydrogens (primary N) is 1. The Morgan fingerprint density at radius 1 is 1.46 bits per heavy atom. The summed E-state index contributed by atoms with van der Waals surface area (Å²) in [6, 6.07) is 8.06. The molecule has 1 aromatic rings. The second-order valence-corrected chi connectivity index (χ2v) is 2.82. The number of allylic oxidation sites excluding steroid dienone is 1. The van der Waals surface area contributed by atoms with E-state index in [9.17, 15) is 0 Å². The summed E-state index contributed by atoms with van der Waals surface area (Å²) >= 11 is 0. The predicted molar refractivity (Wildman–Crippen MR) is 58.4 cm³/mol. The molecular formula is C11H16N2. The van der Waals surface area contributed by atoms with Gasteiger partial charge in [-0.25, -0.2) is 0 Å². The summed E-state index contributed by atoms with van der Waals surface area (Å²) in [4.78, 5) is 0. The van der Waals surface area contributed by atoms with Crippen LogP contribution in [0.3, 0.4) is 0 Å². The molecule has 0 saturated carbocycles. The van der Waals surface area contributed by atoms with E-state index in [0.29, 0.717) is 0 Å². The molecule has 2 heteroatoms. The zero-order valence-electron chi connectivity index (χ0n) is 8.17. The van der Waals surface area contributed by atoms with Gasteiger partial charge < -0.3 is 11.1 Å². The Balaban J connectivity index is 3.04. The largest absolute Gasteiger partial charge is 0.398 e. The summed E-state index contributed by atoms with van der Waals surface area (Å²) in [6.07, 6.45) is 1.91. The standard InChI is InChI=1S/C11H16N2/c1-3-10(12)9-7-5-6-8-11(9)13-4-2/h3,5-8,13H,4,12H2,1-2H3/b10-3+. The molecule has 0 atom stereocenters. The van der Waals surface area contributed by atoms with Crippen LogP contribution in [0.1, 0.15) is 19.4 Å². The minimum atomic E-state index is 0.816. The Morgan fingerprint density at radius 2 is 2.15 bits per heavy atom. The Labute approximate surface area is 79.5 Å². The lowest BCUT2D eigenvalue weighted by Crippen LogP contribution is -2.03. The molecule has 0 aliphatic carbocycles. The summed E-state index contributed by atoms with van der Waals surface area (Å²) in [6.45, 7) is 4.93. The van der Waals surface area contributed by atoms with Gasteiger partial charge in [-0.15, -0.1) is 0 Å². The SMILES string of the molecule is C/C=C(/N)c1ccccc1NCC. The van der Waals surface area contributed by atoms with Gasteiger partial charge in [0.25, 0.3) is 0 Å². The summed E-state index contributed by atoms with van der Waals surface area (Å²) in [7, 11) is 0. The van der Waals surface area contributed by atoms with Crippen LogP contribution in [0.25, 0.3) is 5.70 Å². The minimum Gasteiger partial charge on any atom is -0.398 e. The highest BCUT2D eigenvalue weighted by Crippen LogP contribution is 2.19. The zero-order valence-corrected chi connectivity index (χ0v) is 8.17. The molecule has 1 aromatic carbocycles. The van der Waals surface area contributed by atoms with Gasteiger partial charge in [-0.1, -0.05) is 24.3 Å². The molecule has 70 valence electrons. The lowest BCUT2D eigenvalue weighted by molar-refractivity contribution is 1.21. The van der Waals surface area contributed by atoms with Crippen LogP contribution in [0.2, 0.25) is 0 Å². The van der Waals surface area contributed by atoms with Crippen LogP contribution in [0.15, 0.2) is 30.3 Å². The minimum absolute atomic E-state index is 0.816. The zero-order chi connectivity index (χ0) is 9.68. The molecule has 0 radical (unpaired) electrons. The summed E-state index contributed by atoms with van der Waals surface area (Å²) in [5, 5.41) is 3.27. The first-order valence-corrected chi connectivity index (χ1v) is 4.54. The van der Waals surface area contributed by atoms with Gasteiger partial charge in [0, 0.05) is 23.5 Å². The molecule has 3 N–H and O–H groups in total. The van der Waals surface area contributed by atoms with Crippen molar-refractivity contribution in [1.29, 1.82) is 0 Å². The molecule has 0 bridgehead atoms. The normalized spacial score (nSPS) is 11.4. The van der Waals surface area contributed by atoms with E-state index in [0.717, 1.165) is 23.5 Å². The van der Waals surface area contributed by atoms with Gasteiger partial charge in [0.15, 0.2) is 0 Å². The van der Waals surface area contributed by atoms with Gasteiger partial charge in [-0.2, -0.15) is 0 Å². The molecule has 0 unspecified atom stereocenters. The second kappa shape index (κ2) is 4.55. The predicted octanol–water partition coefficient (Wildman–Crippen LogP) is 2.44. The van der Waals surface area contributed by atoms with E-state index in [1.54, 1.807) is 0 Å². The van der Waals surface area contributed by atoms with Crippen molar-refractivity contribution in [1.82, 2.24) is 0 Å². The lowest BCUT2D eigenvalue weighted by atomic mass is 10.1. The van der Waals surface area contributed by atoms with Gasteiger partial charge in [0.05, 0.1) is 0 Å². The molecule has 0 aromatic heterocycles. The summed E-state index contributed by atoms with van der Waals surface area (Å²) < 4.78 is 0. The summed E-state index contributed by atoms with van der Waals surface area (Å²) in [5.41, 5.74) is 8.84. The molecule has 1 rings (SSSR count). The number of benzene rings is 1. The fraction of sp³-hybridized carbons (Fsp3) is 0.273. The van der Waals surface area contributed by atoms with Crippen molar-refractivity contribution < 1.29 is 0 Å². The van der Waals surface area contributed by atoms with Crippen molar-refractivity contribution >= 4 is 11.4 Å². The number of para-hydroxylation sites is 1. The molecule has 0 spiro atoms. The molecule has 0 aliphatic rings. The van der Waals surface area contributed by atoms with Crippen LogP contribution in [-0.4, -0.2) is 6.54 Å². The number of hydrogen-bond acceptors (Lipinski definition) is 2. The van der Waals surface area contributed by atoms with Crippen LogP contribution in [0, 0.1) is 0 Å². The van der Waals surface area contributed by atoms with Crippen molar-refractivity contribution in [3.63, 3.8) is 0 Å². The van der Waals surface area contributed by atoms with E-state index in [1.165, 1.54) is 0 Å². The molecule has 0 fully saturated rings. The molecule has 0 saturated heterocycles. The molecule has 13 heavy (non-hydrogen) atoms. The van der Waals surface area contributed by atoms with Crippen molar-refractivity contribution in [2.75, 3.05) is 11.9 Å². The molecule has 2 nitrogen and oxygen atoms in total. The fourth-order valence-corrected chi connectivity index (χ4v) is 1.23. The molecule has 0 heterocycles. The van der Waals surface area contributed by atoms with Gasteiger partial charge in [0.2, 0.25) is 0 Å². The Bertz CT molecular complexity index is 303. The maximum Gasteiger partial charge on any atom is 0.0434 e. The van der Waals surface area contributed by atoms with Crippen LogP contribution < -0.4 is 11.1 Å². The Morgan fingerprint density at radius 3 is 2.77 bits per heavy atom. The van der Waals surface area contributed by atoms with Crippen molar-refractivity contribution in [3.8, 4) is 0 Å². The molecule has 0 amide bonds. The third-order valence-electron chi connectivity index (χ3n) is 1.92. The van der Waals surface area contributed by atoms with E-state index >= 15 is 0 Å². The van der Waals surface area contributed by atoms with E-state index in [4.69, 9.17) is 5.73 Å². The fourth-order valence-electron chi connectivity index (χ4n) is 1.23. The maximum absolute atomic E-state index is 5.85. The second-order valence-electron chi connectivity index (χ2n) is 2.82. The summed E-state index contributed by atoms with van der Waals surface area (Å²) in [5.74, 6) is 0. The van der Waals surface area contributed by atoms with Crippen LogP contribution >= 0.6 is 0 Å². The average molecular weight is 176 g/mol. The highest BCUT2D eigenvalue weighted by Gasteiger charge is 2.00. The number of rotatable bonds is 3. The first kappa shape index (κ1) is 9.65. The molecule has 0 aliphatic heterocycles. The van der Waals surface area contributed by atoms with Gasteiger partial charge >= 0.3 is 0 Å². The van der Waals surface area contributed by atoms with E-state index in [-0.39, 0.29) is 0 Å². The van der Waals surface area contributed by atoms with E-state index in [2.05, 4.69) is 12.2 Å². The van der Waals surface area contributed by atoms with Crippen molar-refractivity contribution in [2.45, 2.75) is 13.8 Å². The highest BCUT2D eigenvalue weighted by molar-refractivity contribution is 5.74.